The van der Waals surface area contributed by atoms with E-state index in [0.717, 1.165) is 0 Å². The summed E-state index contributed by atoms with van der Waals surface area (Å²) in [5, 5.41) is 7.40. The number of sulfonamides is 1. The zero-order chi connectivity index (χ0) is 32.9. The Morgan fingerprint density at radius 2 is 1.93 bits per heavy atom. The number of aromatic nitrogens is 5. The molecule has 2 saturated carbocycles. The highest BCUT2D eigenvalue weighted by atomic mass is 32.2. The molecule has 1 aliphatic heterocycles. The van der Waals surface area contributed by atoms with Crippen LogP contribution in [0.3, 0.4) is 0 Å². The molecule has 3 heterocycles. The summed E-state index contributed by atoms with van der Waals surface area (Å²) in [5.74, 6) is -1.38. The molecule has 2 unspecified atom stereocenters. The minimum atomic E-state index is -3.82. The van der Waals surface area contributed by atoms with Crippen molar-refractivity contribution < 1.29 is 37.1 Å². The second-order valence-corrected chi connectivity index (χ2v) is 14.8. The van der Waals surface area contributed by atoms with Crippen molar-refractivity contribution in [3.8, 4) is 11.9 Å². The molecule has 1 aromatic carbocycles. The normalized spacial score (nSPS) is 24.3. The first kappa shape index (κ1) is 31.4. The number of carbonyl (C=O) groups excluding carboxylic acids is 3. The summed E-state index contributed by atoms with van der Waals surface area (Å²) in [6, 6.07) is 7.64. The van der Waals surface area contributed by atoms with Gasteiger partial charge in [-0.15, -0.1) is 11.7 Å². The average Bonchev–Trinajstić information content (AvgIpc) is 3.89. The maximum atomic E-state index is 13.9. The van der Waals surface area contributed by atoms with E-state index in [2.05, 4.69) is 31.6 Å². The minimum Gasteiger partial charge on any atom is -0.472 e. The lowest BCUT2D eigenvalue weighted by Gasteiger charge is -2.28. The van der Waals surface area contributed by atoms with E-state index in [1.807, 2.05) is 12.1 Å². The van der Waals surface area contributed by atoms with Crippen LogP contribution in [0.4, 0.5) is 4.79 Å². The number of benzene rings is 1. The van der Waals surface area contributed by atoms with Crippen LogP contribution in [-0.4, -0.2) is 85.8 Å². The summed E-state index contributed by atoms with van der Waals surface area (Å²) in [5.41, 5.74) is -0.873. The van der Waals surface area contributed by atoms with Crippen LogP contribution >= 0.6 is 0 Å². The number of rotatable bonds is 11. The van der Waals surface area contributed by atoms with Crippen LogP contribution in [0, 0.1) is 11.3 Å². The topological polar surface area (TPSA) is 185 Å². The highest BCUT2D eigenvalue weighted by Crippen LogP contribution is 2.57. The number of ketones is 1. The van der Waals surface area contributed by atoms with Crippen molar-refractivity contribution in [2.45, 2.75) is 75.9 Å². The largest absolute Gasteiger partial charge is 0.472 e. The van der Waals surface area contributed by atoms with E-state index in [9.17, 15) is 22.8 Å². The van der Waals surface area contributed by atoms with Gasteiger partial charge in [-0.1, -0.05) is 23.1 Å². The van der Waals surface area contributed by atoms with Gasteiger partial charge in [-0.3, -0.25) is 19.2 Å². The van der Waals surface area contributed by atoms with Gasteiger partial charge in [0.05, 0.1) is 23.3 Å². The molecular weight excluding hydrogens is 618 g/mol. The first-order valence-electron chi connectivity index (χ1n) is 15.0. The van der Waals surface area contributed by atoms with Gasteiger partial charge in [0.25, 0.3) is 0 Å². The van der Waals surface area contributed by atoms with E-state index in [1.54, 1.807) is 39.0 Å². The zero-order valence-corrected chi connectivity index (χ0v) is 26.5. The fourth-order valence-electron chi connectivity index (χ4n) is 5.62. The van der Waals surface area contributed by atoms with Gasteiger partial charge >= 0.3 is 12.1 Å². The molecule has 4 atom stereocenters. The summed E-state index contributed by atoms with van der Waals surface area (Å²) < 4.78 is 38.9. The molecule has 2 amide bonds. The number of carbonyl (C=O) groups is 3. The third-order valence-electron chi connectivity index (χ3n) is 8.21. The molecule has 6 rings (SSSR count). The van der Waals surface area contributed by atoms with Gasteiger partial charge < -0.3 is 14.3 Å². The number of ether oxygens (including phenoxy) is 2. The van der Waals surface area contributed by atoms with E-state index in [0.29, 0.717) is 23.9 Å². The summed E-state index contributed by atoms with van der Waals surface area (Å²) in [6.45, 7) is 8.90. The fourth-order valence-corrected chi connectivity index (χ4v) is 7.00. The van der Waals surface area contributed by atoms with Gasteiger partial charge in [0.15, 0.2) is 5.78 Å². The molecule has 244 valence electrons. The number of nitrogens with one attached hydrogen (secondary N) is 1. The van der Waals surface area contributed by atoms with Gasteiger partial charge in [-0.05, 0) is 63.3 Å². The number of allylic oxidation sites excluding steroid dienone is 1. The molecule has 3 fully saturated rings. The summed E-state index contributed by atoms with van der Waals surface area (Å²) in [6.07, 6.45) is 2.67. The molecule has 0 spiro atoms. The van der Waals surface area contributed by atoms with Crippen LogP contribution in [0.25, 0.3) is 11.0 Å². The number of nitrogens with zero attached hydrogens (tertiary/aromatic N) is 6. The van der Waals surface area contributed by atoms with Crippen molar-refractivity contribution in [2.24, 2.45) is 11.3 Å². The fraction of sp³-hybridized carbons (Fsp3) is 0.500. The van der Waals surface area contributed by atoms with Gasteiger partial charge in [0, 0.05) is 25.1 Å². The second kappa shape index (κ2) is 11.6. The Morgan fingerprint density at radius 3 is 2.63 bits per heavy atom. The van der Waals surface area contributed by atoms with E-state index < -0.39 is 56.2 Å². The van der Waals surface area contributed by atoms with Crippen molar-refractivity contribution >= 4 is 38.8 Å². The molecule has 0 radical (unpaired) electrons. The average molecular weight is 654 g/mol. The molecule has 3 aromatic rings. The maximum absolute atomic E-state index is 13.9. The third kappa shape index (κ3) is 6.52. The monoisotopic (exact) mass is 653 g/mol. The Bertz CT molecular complexity index is 1800. The van der Waals surface area contributed by atoms with Crippen LogP contribution in [0.1, 0.15) is 52.9 Å². The van der Waals surface area contributed by atoms with Crippen molar-refractivity contribution in [1.82, 2.24) is 34.7 Å². The SMILES string of the molecule is C=CC1CC1(CC(=O)[C@@H]1C[C@@H](Oc2ccnc(On3nnc4ccccc43)n2)CN1C(=O)OC(C)(C)C)C(=O)NS(=O)(=O)C1CC1. The van der Waals surface area contributed by atoms with Crippen LogP contribution in [0.15, 0.2) is 49.2 Å². The molecular formula is C30H35N7O8S. The molecule has 1 N–H and O–H groups in total. The minimum absolute atomic E-state index is 0.000625. The van der Waals surface area contributed by atoms with Gasteiger partial charge in [0.2, 0.25) is 21.8 Å². The van der Waals surface area contributed by atoms with Crippen molar-refractivity contribution in [3.63, 3.8) is 0 Å². The predicted molar refractivity (Wildman–Crippen MR) is 162 cm³/mol. The molecule has 2 aliphatic carbocycles. The number of para-hydroxylation sites is 1. The van der Waals surface area contributed by atoms with Gasteiger partial charge in [-0.2, -0.15) is 4.98 Å². The van der Waals surface area contributed by atoms with Crippen molar-refractivity contribution in [1.29, 1.82) is 0 Å². The first-order chi connectivity index (χ1) is 21.8. The number of Topliss-reactive ketones (excluding diaryl/α,β-unsaturated/α-hetero) is 1. The summed E-state index contributed by atoms with van der Waals surface area (Å²) >= 11 is 0. The van der Waals surface area contributed by atoms with Gasteiger partial charge in [-0.25, -0.2) is 18.2 Å². The molecule has 16 heteroatoms. The highest BCUT2D eigenvalue weighted by molar-refractivity contribution is 7.90. The Hall–Kier alpha value is -4.60. The molecule has 0 bridgehead atoms. The van der Waals surface area contributed by atoms with Gasteiger partial charge in [0.1, 0.15) is 22.7 Å². The number of likely N-dealkylation sites (tertiary alicyclic amines) is 1. The van der Waals surface area contributed by atoms with E-state index in [4.69, 9.17) is 14.3 Å². The standard InChI is InChI=1S/C30H35N7O8S/c1-5-18-15-30(18,26(39)34-46(41,42)20-10-11-20)16-24(38)23-14-19(17-36(23)28(40)44-29(2,3)4)43-25-12-13-31-27(32-25)45-37-22-9-7-6-8-21(22)33-35-37/h5-9,12-13,18-20,23H,1,10-11,14-17H2,2-4H3,(H,34,39)/t18?,19-,23+,30?/m1/s1. The molecule has 15 nitrogen and oxygen atoms in total. The van der Waals surface area contributed by atoms with E-state index in [1.165, 1.54) is 22.0 Å². The van der Waals surface area contributed by atoms with Crippen molar-refractivity contribution in [2.75, 3.05) is 6.54 Å². The Labute approximate surface area is 265 Å². The lowest BCUT2D eigenvalue weighted by molar-refractivity contribution is -0.131. The number of hydrogen-bond donors (Lipinski definition) is 1. The smallest absolute Gasteiger partial charge is 0.411 e. The lowest BCUT2D eigenvalue weighted by Crippen LogP contribution is -2.46. The predicted octanol–water partition coefficient (Wildman–Crippen LogP) is 2.58. The Kier molecular flexibility index (Phi) is 7.94. The molecule has 2 aromatic heterocycles. The number of hydrogen-bond acceptors (Lipinski definition) is 12. The first-order valence-corrected chi connectivity index (χ1v) is 16.5. The lowest BCUT2D eigenvalue weighted by atomic mass is 9.91. The van der Waals surface area contributed by atoms with Crippen LogP contribution < -0.4 is 14.3 Å². The highest BCUT2D eigenvalue weighted by Gasteiger charge is 2.61. The quantitative estimate of drug-likeness (QED) is 0.299. The van der Waals surface area contributed by atoms with Crippen molar-refractivity contribution in [3.05, 3.63) is 49.2 Å². The molecule has 3 aliphatic rings. The van der Waals surface area contributed by atoms with Crippen LogP contribution in [-0.2, 0) is 24.3 Å². The summed E-state index contributed by atoms with van der Waals surface area (Å²) in [7, 11) is -3.82. The summed E-state index contributed by atoms with van der Waals surface area (Å²) in [4.78, 5) is 57.0. The zero-order valence-electron chi connectivity index (χ0n) is 25.7. The maximum Gasteiger partial charge on any atom is 0.411 e. The van der Waals surface area contributed by atoms with E-state index in [-0.39, 0.29) is 43.6 Å². The molecule has 1 saturated heterocycles. The Balaban J connectivity index is 1.18. The number of fused-ring (bicyclic) bond motifs is 1. The van der Waals surface area contributed by atoms with Crippen LogP contribution in [0.2, 0.25) is 0 Å². The molecule has 46 heavy (non-hydrogen) atoms. The van der Waals surface area contributed by atoms with Crippen LogP contribution in [0.5, 0.6) is 11.9 Å². The van der Waals surface area contributed by atoms with E-state index >= 15 is 0 Å². The Morgan fingerprint density at radius 1 is 1.17 bits per heavy atom. The third-order valence-corrected chi connectivity index (χ3v) is 10.0. The second-order valence-electron chi connectivity index (χ2n) is 12.9. The number of amides is 2.